The number of nitrogens with zero attached hydrogens (tertiary/aromatic N) is 2. The van der Waals surface area contributed by atoms with Gasteiger partial charge in [0.05, 0.1) is 13.1 Å². The SMILES string of the molecule is CNCC(=O)NC[N+](=O)[O-].NCC(=O)NC[N+](=O)[O-]. The molecule has 0 radical (unpaired) electrons. The molecule has 0 saturated carbocycles. The minimum Gasteiger partial charge on any atom is -0.322 e. The van der Waals surface area contributed by atoms with Crippen molar-refractivity contribution in [3.05, 3.63) is 20.2 Å². The highest BCUT2D eigenvalue weighted by Gasteiger charge is 2.01. The average molecular weight is 280 g/mol. The molecule has 0 atom stereocenters. The molecule has 2 amide bonds. The van der Waals surface area contributed by atoms with Crippen molar-refractivity contribution in [1.29, 1.82) is 0 Å². The van der Waals surface area contributed by atoms with Gasteiger partial charge in [-0.1, -0.05) is 0 Å². The molecular weight excluding hydrogens is 264 g/mol. The largest absolute Gasteiger partial charge is 0.322 e. The van der Waals surface area contributed by atoms with Crippen LogP contribution in [0.5, 0.6) is 0 Å². The lowest BCUT2D eigenvalue weighted by Gasteiger charge is -1.97. The molecule has 5 N–H and O–H groups in total. The molecule has 0 aliphatic heterocycles. The van der Waals surface area contributed by atoms with Crippen LogP contribution in [0.3, 0.4) is 0 Å². The van der Waals surface area contributed by atoms with Crippen LogP contribution in [-0.2, 0) is 9.59 Å². The highest BCUT2D eigenvalue weighted by atomic mass is 16.6. The second-order valence-electron chi connectivity index (χ2n) is 2.92. The maximum atomic E-state index is 10.5. The molecular formula is C7H16N6O6. The van der Waals surface area contributed by atoms with E-state index in [2.05, 4.69) is 10.6 Å². The monoisotopic (exact) mass is 280 g/mol. The summed E-state index contributed by atoms with van der Waals surface area (Å²) in [6.07, 6.45) is 0. The Balaban J connectivity index is 0. The van der Waals surface area contributed by atoms with Gasteiger partial charge in [-0.05, 0) is 7.05 Å². The fourth-order valence-corrected chi connectivity index (χ4v) is 0.601. The van der Waals surface area contributed by atoms with E-state index in [4.69, 9.17) is 5.73 Å². The normalized spacial score (nSPS) is 8.74. The van der Waals surface area contributed by atoms with Crippen LogP contribution in [0.4, 0.5) is 0 Å². The van der Waals surface area contributed by atoms with Crippen molar-refractivity contribution in [2.24, 2.45) is 5.73 Å². The Morgan fingerprint density at radius 2 is 1.47 bits per heavy atom. The zero-order valence-electron chi connectivity index (χ0n) is 10.2. The molecule has 0 fully saturated rings. The van der Waals surface area contributed by atoms with Gasteiger partial charge < -0.3 is 11.1 Å². The molecule has 12 heteroatoms. The molecule has 0 aromatic heterocycles. The zero-order chi connectivity index (χ0) is 15.3. The first-order valence-corrected chi connectivity index (χ1v) is 4.95. The third kappa shape index (κ3) is 18.2. The molecule has 0 unspecified atom stereocenters. The van der Waals surface area contributed by atoms with Crippen LogP contribution >= 0.6 is 0 Å². The topological polar surface area (TPSA) is 183 Å². The minimum absolute atomic E-state index is 0.105. The van der Waals surface area contributed by atoms with Crippen LogP contribution < -0.4 is 21.7 Å². The van der Waals surface area contributed by atoms with E-state index in [-0.39, 0.29) is 19.0 Å². The summed E-state index contributed by atoms with van der Waals surface area (Å²) in [7, 11) is 1.59. The van der Waals surface area contributed by atoms with Gasteiger partial charge in [-0.15, -0.1) is 0 Å². The van der Waals surface area contributed by atoms with Crippen LogP contribution in [0.25, 0.3) is 0 Å². The van der Waals surface area contributed by atoms with E-state index in [1.165, 1.54) is 0 Å². The molecule has 12 nitrogen and oxygen atoms in total. The van der Waals surface area contributed by atoms with Crippen LogP contribution in [0.15, 0.2) is 0 Å². The van der Waals surface area contributed by atoms with Crippen molar-refractivity contribution in [1.82, 2.24) is 16.0 Å². The maximum absolute atomic E-state index is 10.5. The molecule has 0 saturated heterocycles. The lowest BCUT2D eigenvalue weighted by atomic mass is 10.6. The number of carbonyl (C=O) groups excluding carboxylic acids is 2. The molecule has 0 heterocycles. The number of rotatable bonds is 7. The summed E-state index contributed by atoms with van der Waals surface area (Å²) in [4.78, 5) is 38.6. The van der Waals surface area contributed by atoms with Gasteiger partial charge in [-0.2, -0.15) is 0 Å². The highest BCUT2D eigenvalue weighted by Crippen LogP contribution is 1.64. The predicted octanol–water partition coefficient (Wildman–Crippen LogP) is -3.15. The average Bonchev–Trinajstić information content (AvgIpc) is 2.34. The molecule has 0 aliphatic carbocycles. The predicted molar refractivity (Wildman–Crippen MR) is 63.0 cm³/mol. The van der Waals surface area contributed by atoms with Gasteiger partial charge in [0.25, 0.3) is 13.3 Å². The van der Waals surface area contributed by atoms with Gasteiger partial charge in [-0.25, -0.2) is 0 Å². The van der Waals surface area contributed by atoms with Crippen LogP contribution in [0.1, 0.15) is 0 Å². The summed E-state index contributed by atoms with van der Waals surface area (Å²) in [6, 6.07) is 0. The minimum atomic E-state index is -0.645. The van der Waals surface area contributed by atoms with Crippen LogP contribution in [0.2, 0.25) is 0 Å². The van der Waals surface area contributed by atoms with E-state index in [0.717, 1.165) is 0 Å². The fraction of sp³-hybridized carbons (Fsp3) is 0.714. The third-order valence-corrected chi connectivity index (χ3v) is 1.33. The lowest BCUT2D eigenvalue weighted by Crippen LogP contribution is -2.35. The molecule has 110 valence electrons. The summed E-state index contributed by atoms with van der Waals surface area (Å²) < 4.78 is 0. The van der Waals surface area contributed by atoms with E-state index in [1.54, 1.807) is 7.05 Å². The molecule has 0 aromatic rings. The molecule has 0 aliphatic rings. The Morgan fingerprint density at radius 3 is 1.79 bits per heavy atom. The van der Waals surface area contributed by atoms with Crippen molar-refractivity contribution in [2.45, 2.75) is 0 Å². The maximum Gasteiger partial charge on any atom is 0.277 e. The molecule has 0 aromatic carbocycles. The summed E-state index contributed by atoms with van der Waals surface area (Å²) >= 11 is 0. The van der Waals surface area contributed by atoms with Crippen molar-refractivity contribution < 1.29 is 19.4 Å². The standard InChI is InChI=1S/C4H9N3O3.C3H7N3O3/c1-5-2-4(8)6-3-7(9)10;4-1-3(7)5-2-6(8)9/h5H,2-3H2,1H3,(H,6,8);1-2,4H2,(H,5,7). The van der Waals surface area contributed by atoms with Gasteiger partial charge in [0, 0.05) is 9.85 Å². The number of nitro groups is 2. The molecule has 0 spiro atoms. The number of carbonyl (C=O) groups is 2. The molecule has 0 rings (SSSR count). The third-order valence-electron chi connectivity index (χ3n) is 1.33. The first-order valence-electron chi connectivity index (χ1n) is 4.95. The quantitative estimate of drug-likeness (QED) is 0.214. The zero-order valence-corrected chi connectivity index (χ0v) is 10.2. The van der Waals surface area contributed by atoms with Crippen molar-refractivity contribution in [3.63, 3.8) is 0 Å². The first kappa shape index (κ1) is 19.0. The first-order chi connectivity index (χ1) is 8.83. The summed E-state index contributed by atoms with van der Waals surface area (Å²) in [5.41, 5.74) is 4.82. The second-order valence-corrected chi connectivity index (χ2v) is 2.92. The van der Waals surface area contributed by atoms with E-state index in [9.17, 15) is 29.8 Å². The Hall–Kier alpha value is -2.34. The van der Waals surface area contributed by atoms with E-state index >= 15 is 0 Å². The van der Waals surface area contributed by atoms with Gasteiger partial charge in [0.15, 0.2) is 0 Å². The number of likely N-dealkylation sites (N-methyl/N-ethyl adjacent to an activating group) is 1. The van der Waals surface area contributed by atoms with Crippen molar-refractivity contribution >= 4 is 11.8 Å². The Kier molecular flexibility index (Phi) is 12.1. The fourth-order valence-electron chi connectivity index (χ4n) is 0.601. The summed E-state index contributed by atoms with van der Waals surface area (Å²) in [5.74, 6) is -0.897. The molecule has 0 bridgehead atoms. The number of nitrogens with one attached hydrogen (secondary N) is 3. The van der Waals surface area contributed by atoms with Crippen LogP contribution in [0, 0.1) is 20.2 Å². The summed E-state index contributed by atoms with van der Waals surface area (Å²) in [5, 5.41) is 25.9. The molecule has 19 heavy (non-hydrogen) atoms. The highest BCUT2D eigenvalue weighted by molar-refractivity contribution is 5.77. The van der Waals surface area contributed by atoms with Gasteiger partial charge in [0.1, 0.15) is 0 Å². The van der Waals surface area contributed by atoms with Gasteiger partial charge >= 0.3 is 0 Å². The lowest BCUT2D eigenvalue weighted by molar-refractivity contribution is -0.483. The smallest absolute Gasteiger partial charge is 0.277 e. The Morgan fingerprint density at radius 1 is 1.05 bits per heavy atom. The van der Waals surface area contributed by atoms with E-state index in [1.807, 2.05) is 5.32 Å². The van der Waals surface area contributed by atoms with E-state index < -0.39 is 29.1 Å². The Bertz CT molecular complexity index is 321. The number of nitrogens with two attached hydrogens (primary N) is 1. The number of hydrogen-bond acceptors (Lipinski definition) is 8. The second kappa shape index (κ2) is 12.1. The number of amides is 2. The van der Waals surface area contributed by atoms with E-state index in [0.29, 0.717) is 0 Å². The summed E-state index contributed by atoms with van der Waals surface area (Å²) in [6.45, 7) is -1.18. The Labute approximate surface area is 108 Å². The number of hydrogen-bond donors (Lipinski definition) is 4. The van der Waals surface area contributed by atoms with Gasteiger partial charge in [0.2, 0.25) is 11.8 Å². The van der Waals surface area contributed by atoms with Crippen molar-refractivity contribution in [3.8, 4) is 0 Å². The van der Waals surface area contributed by atoms with Crippen molar-refractivity contribution in [2.75, 3.05) is 33.5 Å². The van der Waals surface area contributed by atoms with Gasteiger partial charge in [-0.3, -0.25) is 40.5 Å². The van der Waals surface area contributed by atoms with Crippen LogP contribution in [-0.4, -0.2) is 55.1 Å².